The van der Waals surface area contributed by atoms with Crippen molar-refractivity contribution in [2.75, 3.05) is 6.26 Å². The summed E-state index contributed by atoms with van der Waals surface area (Å²) in [4.78, 5) is 14.7. The van der Waals surface area contributed by atoms with Gasteiger partial charge in [0.05, 0.1) is 6.26 Å². The highest BCUT2D eigenvalue weighted by Gasteiger charge is 2.20. The molecule has 134 valence electrons. The van der Waals surface area contributed by atoms with Crippen LogP contribution in [0.2, 0.25) is 0 Å². The third kappa shape index (κ3) is 5.32. The third-order valence-electron chi connectivity index (χ3n) is 3.76. The van der Waals surface area contributed by atoms with Gasteiger partial charge in [-0.2, -0.15) is 8.42 Å². The van der Waals surface area contributed by atoms with E-state index in [2.05, 4.69) is 0 Å². The Morgan fingerprint density at radius 1 is 1.12 bits per heavy atom. The molecular formula is C19H23NO4S. The maximum atomic E-state index is 12.9. The molecule has 0 aliphatic heterocycles. The van der Waals surface area contributed by atoms with Crippen molar-refractivity contribution in [1.29, 1.82) is 0 Å². The van der Waals surface area contributed by atoms with E-state index in [-0.39, 0.29) is 17.7 Å². The molecule has 0 saturated heterocycles. The highest BCUT2D eigenvalue weighted by atomic mass is 32.2. The molecule has 0 atom stereocenters. The molecule has 0 aromatic heterocycles. The van der Waals surface area contributed by atoms with E-state index in [9.17, 15) is 13.2 Å². The van der Waals surface area contributed by atoms with E-state index in [0.29, 0.717) is 12.1 Å². The predicted molar refractivity (Wildman–Crippen MR) is 98.1 cm³/mol. The van der Waals surface area contributed by atoms with Gasteiger partial charge >= 0.3 is 10.1 Å². The van der Waals surface area contributed by atoms with Crippen LogP contribution in [0.5, 0.6) is 5.75 Å². The highest BCUT2D eigenvalue weighted by molar-refractivity contribution is 7.86. The smallest absolute Gasteiger partial charge is 0.306 e. The minimum absolute atomic E-state index is 0.00779. The van der Waals surface area contributed by atoms with Crippen LogP contribution >= 0.6 is 0 Å². The zero-order chi connectivity index (χ0) is 18.6. The van der Waals surface area contributed by atoms with Gasteiger partial charge in [0.2, 0.25) is 0 Å². The lowest BCUT2D eigenvalue weighted by Crippen LogP contribution is -2.36. The molecule has 0 aliphatic carbocycles. The van der Waals surface area contributed by atoms with E-state index < -0.39 is 10.1 Å². The SMILES string of the molecule is Cc1ccccc1C(=O)N(Cc1cccc(OS(C)(=O)=O)c1)C(C)C. The summed E-state index contributed by atoms with van der Waals surface area (Å²) in [6.07, 6.45) is 1.00. The summed E-state index contributed by atoms with van der Waals surface area (Å²) in [5, 5.41) is 0. The van der Waals surface area contributed by atoms with Crippen molar-refractivity contribution in [3.8, 4) is 5.75 Å². The normalized spacial score (nSPS) is 11.4. The van der Waals surface area contributed by atoms with E-state index in [1.54, 1.807) is 23.1 Å². The minimum Gasteiger partial charge on any atom is -0.383 e. The predicted octanol–water partition coefficient (Wildman–Crippen LogP) is 3.38. The largest absolute Gasteiger partial charge is 0.383 e. The molecule has 0 saturated carbocycles. The first-order valence-corrected chi connectivity index (χ1v) is 9.84. The average Bonchev–Trinajstić information content (AvgIpc) is 2.51. The molecule has 1 amide bonds. The van der Waals surface area contributed by atoms with Gasteiger partial charge in [0.1, 0.15) is 5.75 Å². The highest BCUT2D eigenvalue weighted by Crippen LogP contribution is 2.20. The third-order valence-corrected chi connectivity index (χ3v) is 4.25. The number of nitrogens with zero attached hydrogens (tertiary/aromatic N) is 1. The zero-order valence-electron chi connectivity index (χ0n) is 14.9. The van der Waals surface area contributed by atoms with Gasteiger partial charge in [-0.3, -0.25) is 4.79 Å². The van der Waals surface area contributed by atoms with Gasteiger partial charge in [0.15, 0.2) is 0 Å². The van der Waals surface area contributed by atoms with E-state index in [1.165, 1.54) is 0 Å². The molecule has 0 radical (unpaired) electrons. The quantitative estimate of drug-likeness (QED) is 0.740. The van der Waals surface area contributed by atoms with Crippen LogP contribution in [0, 0.1) is 6.92 Å². The minimum atomic E-state index is -3.58. The van der Waals surface area contributed by atoms with Crippen molar-refractivity contribution in [3.05, 3.63) is 65.2 Å². The summed E-state index contributed by atoms with van der Waals surface area (Å²) < 4.78 is 27.5. The second kappa shape index (κ2) is 7.70. The molecule has 0 aliphatic rings. The molecule has 2 rings (SSSR count). The van der Waals surface area contributed by atoms with E-state index in [1.807, 2.05) is 51.1 Å². The van der Waals surface area contributed by atoms with Crippen LogP contribution in [0.3, 0.4) is 0 Å². The maximum Gasteiger partial charge on any atom is 0.306 e. The molecule has 0 bridgehead atoms. The number of aryl methyl sites for hydroxylation is 1. The van der Waals surface area contributed by atoms with E-state index in [4.69, 9.17) is 4.18 Å². The topological polar surface area (TPSA) is 63.7 Å². The first kappa shape index (κ1) is 19.0. The summed E-state index contributed by atoms with van der Waals surface area (Å²) in [6.45, 7) is 6.18. The summed E-state index contributed by atoms with van der Waals surface area (Å²) in [5.41, 5.74) is 2.39. The first-order chi connectivity index (χ1) is 11.7. The summed E-state index contributed by atoms with van der Waals surface area (Å²) in [5.74, 6) is 0.189. The van der Waals surface area contributed by atoms with Gasteiger partial charge in [-0.05, 0) is 50.1 Å². The first-order valence-electron chi connectivity index (χ1n) is 8.02. The fourth-order valence-electron chi connectivity index (χ4n) is 2.52. The molecule has 0 heterocycles. The molecule has 0 spiro atoms. The summed E-state index contributed by atoms with van der Waals surface area (Å²) in [6, 6.07) is 14.2. The number of hydrogen-bond donors (Lipinski definition) is 0. The Morgan fingerprint density at radius 2 is 1.80 bits per heavy atom. The monoisotopic (exact) mass is 361 g/mol. The Morgan fingerprint density at radius 3 is 2.40 bits per heavy atom. The number of amides is 1. The van der Waals surface area contributed by atoms with Crippen molar-refractivity contribution in [2.24, 2.45) is 0 Å². The molecule has 6 heteroatoms. The van der Waals surface area contributed by atoms with Crippen LogP contribution in [0.25, 0.3) is 0 Å². The summed E-state index contributed by atoms with van der Waals surface area (Å²) >= 11 is 0. The van der Waals surface area contributed by atoms with Crippen molar-refractivity contribution in [3.63, 3.8) is 0 Å². The number of carbonyl (C=O) groups excluding carboxylic acids is 1. The molecule has 2 aromatic rings. The lowest BCUT2D eigenvalue weighted by Gasteiger charge is -2.27. The van der Waals surface area contributed by atoms with Crippen LogP contribution in [-0.4, -0.2) is 31.5 Å². The fraction of sp³-hybridized carbons (Fsp3) is 0.316. The van der Waals surface area contributed by atoms with Crippen molar-refractivity contribution in [2.45, 2.75) is 33.4 Å². The number of benzene rings is 2. The molecular weight excluding hydrogens is 338 g/mol. The number of carbonyl (C=O) groups is 1. The van der Waals surface area contributed by atoms with E-state index in [0.717, 1.165) is 17.4 Å². The lowest BCUT2D eigenvalue weighted by molar-refractivity contribution is 0.0689. The van der Waals surface area contributed by atoms with Gasteiger partial charge in [-0.1, -0.05) is 30.3 Å². The summed E-state index contributed by atoms with van der Waals surface area (Å²) in [7, 11) is -3.58. The fourth-order valence-corrected chi connectivity index (χ4v) is 2.98. The van der Waals surface area contributed by atoms with Gasteiger partial charge in [0.25, 0.3) is 5.91 Å². The van der Waals surface area contributed by atoms with Crippen LogP contribution in [0.1, 0.15) is 35.3 Å². The van der Waals surface area contributed by atoms with Crippen LogP contribution in [0.4, 0.5) is 0 Å². The van der Waals surface area contributed by atoms with Gasteiger partial charge in [0, 0.05) is 18.2 Å². The Kier molecular flexibility index (Phi) is 5.85. The van der Waals surface area contributed by atoms with Crippen molar-refractivity contribution in [1.82, 2.24) is 4.90 Å². The standard InChI is InChI=1S/C19H23NO4S/c1-14(2)20(19(21)18-11-6-5-8-15(18)3)13-16-9-7-10-17(12-16)24-25(4,22)23/h5-12,14H,13H2,1-4H3. The Labute approximate surface area is 149 Å². The zero-order valence-corrected chi connectivity index (χ0v) is 15.7. The van der Waals surface area contributed by atoms with Crippen LogP contribution in [0.15, 0.2) is 48.5 Å². The lowest BCUT2D eigenvalue weighted by atomic mass is 10.1. The van der Waals surface area contributed by atoms with Crippen molar-refractivity contribution >= 4 is 16.0 Å². The second-order valence-corrected chi connectivity index (χ2v) is 7.85. The Balaban J connectivity index is 2.27. The Hall–Kier alpha value is -2.34. The molecule has 2 aromatic carbocycles. The number of rotatable bonds is 6. The van der Waals surface area contributed by atoms with Crippen molar-refractivity contribution < 1.29 is 17.4 Å². The molecule has 25 heavy (non-hydrogen) atoms. The molecule has 0 unspecified atom stereocenters. The Bertz CT molecular complexity index is 859. The van der Waals surface area contributed by atoms with Crippen LogP contribution < -0.4 is 4.18 Å². The second-order valence-electron chi connectivity index (χ2n) is 6.28. The number of hydrogen-bond acceptors (Lipinski definition) is 4. The van der Waals surface area contributed by atoms with Crippen LogP contribution in [-0.2, 0) is 16.7 Å². The molecule has 0 fully saturated rings. The molecule has 0 N–H and O–H groups in total. The van der Waals surface area contributed by atoms with Gasteiger partial charge < -0.3 is 9.08 Å². The average molecular weight is 361 g/mol. The van der Waals surface area contributed by atoms with Gasteiger partial charge in [-0.15, -0.1) is 0 Å². The maximum absolute atomic E-state index is 12.9. The molecule has 5 nitrogen and oxygen atoms in total. The van der Waals surface area contributed by atoms with Gasteiger partial charge in [-0.25, -0.2) is 0 Å². The van der Waals surface area contributed by atoms with E-state index >= 15 is 0 Å².